The molecular formula is C14H16N4O2. The summed E-state index contributed by atoms with van der Waals surface area (Å²) >= 11 is 0. The van der Waals surface area contributed by atoms with E-state index in [0.29, 0.717) is 23.6 Å². The van der Waals surface area contributed by atoms with Crippen molar-refractivity contribution >= 4 is 17.5 Å². The van der Waals surface area contributed by atoms with Crippen molar-refractivity contribution in [2.24, 2.45) is 0 Å². The van der Waals surface area contributed by atoms with Crippen LogP contribution in [0.3, 0.4) is 0 Å². The smallest absolute Gasteiger partial charge is 0.340 e. The molecule has 20 heavy (non-hydrogen) atoms. The number of nitrogen functional groups attached to an aromatic ring is 1. The van der Waals surface area contributed by atoms with E-state index in [4.69, 9.17) is 10.5 Å². The third kappa shape index (κ3) is 3.03. The van der Waals surface area contributed by atoms with Crippen LogP contribution in [0.2, 0.25) is 0 Å². The summed E-state index contributed by atoms with van der Waals surface area (Å²) in [5.74, 6) is 0.155. The van der Waals surface area contributed by atoms with E-state index < -0.39 is 5.97 Å². The topological polar surface area (TPSA) is 81.3 Å². The number of hydrogen-bond donors (Lipinski definition) is 1. The van der Waals surface area contributed by atoms with Gasteiger partial charge in [0.25, 0.3) is 0 Å². The van der Waals surface area contributed by atoms with E-state index >= 15 is 0 Å². The number of carbonyl (C=O) groups is 1. The lowest BCUT2D eigenvalue weighted by molar-refractivity contribution is 0.0602. The quantitative estimate of drug-likeness (QED) is 0.849. The monoisotopic (exact) mass is 272 g/mol. The molecule has 2 heterocycles. The van der Waals surface area contributed by atoms with Gasteiger partial charge in [0.1, 0.15) is 5.82 Å². The van der Waals surface area contributed by atoms with E-state index in [2.05, 4.69) is 9.97 Å². The number of ether oxygens (including phenoxy) is 1. The molecule has 6 nitrogen and oxygen atoms in total. The van der Waals surface area contributed by atoms with Crippen molar-refractivity contribution in [3.8, 4) is 0 Å². The van der Waals surface area contributed by atoms with Crippen LogP contribution in [0.5, 0.6) is 0 Å². The molecule has 0 bridgehead atoms. The van der Waals surface area contributed by atoms with Gasteiger partial charge in [-0.15, -0.1) is 0 Å². The average Bonchev–Trinajstić information content (AvgIpc) is 2.48. The highest BCUT2D eigenvalue weighted by Gasteiger charge is 2.13. The first kappa shape index (κ1) is 13.8. The first-order valence-electron chi connectivity index (χ1n) is 6.06. The summed E-state index contributed by atoms with van der Waals surface area (Å²) in [6.07, 6.45) is 3.19. The van der Waals surface area contributed by atoms with Crippen LogP contribution in [0.25, 0.3) is 0 Å². The molecule has 0 atom stereocenters. The van der Waals surface area contributed by atoms with E-state index in [0.717, 1.165) is 5.69 Å². The molecule has 0 radical (unpaired) electrons. The van der Waals surface area contributed by atoms with Crippen LogP contribution in [0.4, 0.5) is 11.5 Å². The van der Waals surface area contributed by atoms with Gasteiger partial charge >= 0.3 is 5.97 Å². The molecule has 0 spiro atoms. The van der Waals surface area contributed by atoms with Gasteiger partial charge in [-0.3, -0.25) is 4.98 Å². The molecule has 0 aromatic carbocycles. The van der Waals surface area contributed by atoms with Gasteiger partial charge in [-0.1, -0.05) is 6.07 Å². The lowest BCUT2D eigenvalue weighted by Crippen LogP contribution is -2.19. The summed E-state index contributed by atoms with van der Waals surface area (Å²) in [5, 5.41) is 0. The molecule has 6 heteroatoms. The Hall–Kier alpha value is -2.63. The Kier molecular flexibility index (Phi) is 4.14. The molecular weight excluding hydrogens is 256 g/mol. The lowest BCUT2D eigenvalue weighted by atomic mass is 10.2. The molecule has 2 N–H and O–H groups in total. The number of nitrogens with two attached hydrogens (primary N) is 1. The second-order valence-electron chi connectivity index (χ2n) is 4.30. The normalized spacial score (nSPS) is 10.1. The van der Waals surface area contributed by atoms with Gasteiger partial charge in [-0.25, -0.2) is 9.78 Å². The Balaban J connectivity index is 2.22. The number of hydrogen-bond acceptors (Lipinski definition) is 6. The van der Waals surface area contributed by atoms with Gasteiger partial charge in [0.2, 0.25) is 0 Å². The van der Waals surface area contributed by atoms with Crippen LogP contribution in [0, 0.1) is 0 Å². The van der Waals surface area contributed by atoms with E-state index in [1.54, 1.807) is 12.3 Å². The Bertz CT molecular complexity index is 601. The van der Waals surface area contributed by atoms with Crippen LogP contribution in [0.15, 0.2) is 36.7 Å². The maximum Gasteiger partial charge on any atom is 0.340 e. The Morgan fingerprint density at radius 3 is 2.85 bits per heavy atom. The van der Waals surface area contributed by atoms with Gasteiger partial charge < -0.3 is 15.4 Å². The number of carbonyl (C=O) groups excluding carboxylic acids is 1. The summed E-state index contributed by atoms with van der Waals surface area (Å²) in [7, 11) is 3.19. The largest absolute Gasteiger partial charge is 0.465 e. The zero-order valence-electron chi connectivity index (χ0n) is 11.4. The van der Waals surface area contributed by atoms with Crippen molar-refractivity contribution in [1.82, 2.24) is 9.97 Å². The van der Waals surface area contributed by atoms with Crippen molar-refractivity contribution in [3.63, 3.8) is 0 Å². The SMILES string of the molecule is COC(=O)c1cc(N(C)Cc2ccccn2)ncc1N. The van der Waals surface area contributed by atoms with Crippen LogP contribution >= 0.6 is 0 Å². The second kappa shape index (κ2) is 6.01. The van der Waals surface area contributed by atoms with Crippen LogP contribution in [-0.4, -0.2) is 30.1 Å². The maximum absolute atomic E-state index is 11.6. The minimum absolute atomic E-state index is 0.298. The third-order valence-electron chi connectivity index (χ3n) is 2.84. The maximum atomic E-state index is 11.6. The predicted octanol–water partition coefficient (Wildman–Crippen LogP) is 1.48. The van der Waals surface area contributed by atoms with E-state index in [1.807, 2.05) is 30.1 Å². The minimum atomic E-state index is -0.475. The molecule has 0 amide bonds. The Morgan fingerprint density at radius 1 is 1.40 bits per heavy atom. The number of nitrogens with zero attached hydrogens (tertiary/aromatic N) is 3. The summed E-state index contributed by atoms with van der Waals surface area (Å²) in [4.78, 5) is 22.0. The fourth-order valence-electron chi connectivity index (χ4n) is 1.77. The first-order valence-corrected chi connectivity index (χ1v) is 6.06. The van der Waals surface area contributed by atoms with Gasteiger partial charge in [0.15, 0.2) is 0 Å². The molecule has 0 aliphatic rings. The van der Waals surface area contributed by atoms with Crippen LogP contribution in [0.1, 0.15) is 16.1 Å². The van der Waals surface area contributed by atoms with Crippen molar-refractivity contribution < 1.29 is 9.53 Å². The van der Waals surface area contributed by atoms with Crippen molar-refractivity contribution in [1.29, 1.82) is 0 Å². The van der Waals surface area contributed by atoms with Crippen LogP contribution < -0.4 is 10.6 Å². The summed E-state index contributed by atoms with van der Waals surface area (Å²) in [5.41, 5.74) is 7.24. The molecule has 0 unspecified atom stereocenters. The standard InChI is InChI=1S/C14H16N4O2/c1-18(9-10-5-3-4-6-16-10)13-7-11(14(19)20-2)12(15)8-17-13/h3-8H,9,15H2,1-2H3. The third-order valence-corrected chi connectivity index (χ3v) is 2.84. The average molecular weight is 272 g/mol. The fraction of sp³-hybridized carbons (Fsp3) is 0.214. The van der Waals surface area contributed by atoms with Crippen LogP contribution in [-0.2, 0) is 11.3 Å². The van der Waals surface area contributed by atoms with E-state index in [9.17, 15) is 4.79 Å². The summed E-state index contributed by atoms with van der Waals surface area (Å²) in [6, 6.07) is 7.33. The molecule has 2 rings (SSSR count). The molecule has 0 saturated carbocycles. The number of methoxy groups -OCH3 is 1. The lowest BCUT2D eigenvalue weighted by Gasteiger charge is -2.18. The number of pyridine rings is 2. The Labute approximate surface area is 117 Å². The van der Waals surface area contributed by atoms with Gasteiger partial charge in [-0.2, -0.15) is 0 Å². The number of aromatic nitrogens is 2. The second-order valence-corrected chi connectivity index (χ2v) is 4.30. The molecule has 0 aliphatic heterocycles. The van der Waals surface area contributed by atoms with Gasteiger partial charge in [0, 0.05) is 13.2 Å². The van der Waals surface area contributed by atoms with E-state index in [1.165, 1.54) is 13.3 Å². The first-order chi connectivity index (χ1) is 9.61. The Morgan fingerprint density at radius 2 is 2.20 bits per heavy atom. The molecule has 0 aliphatic carbocycles. The number of esters is 1. The molecule has 0 saturated heterocycles. The fourth-order valence-corrected chi connectivity index (χ4v) is 1.77. The van der Waals surface area contributed by atoms with Gasteiger partial charge in [-0.05, 0) is 18.2 Å². The summed E-state index contributed by atoms with van der Waals surface area (Å²) < 4.78 is 4.69. The highest BCUT2D eigenvalue weighted by molar-refractivity contribution is 5.95. The minimum Gasteiger partial charge on any atom is -0.465 e. The highest BCUT2D eigenvalue weighted by atomic mass is 16.5. The van der Waals surface area contributed by atoms with Gasteiger partial charge in [0.05, 0.1) is 36.8 Å². The number of anilines is 2. The molecule has 2 aromatic rings. The van der Waals surface area contributed by atoms with Crippen molar-refractivity contribution in [2.45, 2.75) is 6.54 Å². The summed E-state index contributed by atoms with van der Waals surface area (Å²) in [6.45, 7) is 0.582. The zero-order chi connectivity index (χ0) is 14.5. The van der Waals surface area contributed by atoms with Crippen molar-refractivity contribution in [3.05, 3.63) is 47.9 Å². The highest BCUT2D eigenvalue weighted by Crippen LogP contribution is 2.19. The number of rotatable bonds is 4. The zero-order valence-corrected chi connectivity index (χ0v) is 11.4. The predicted molar refractivity (Wildman–Crippen MR) is 76.3 cm³/mol. The van der Waals surface area contributed by atoms with E-state index in [-0.39, 0.29) is 0 Å². The van der Waals surface area contributed by atoms with Crippen molar-refractivity contribution in [2.75, 3.05) is 24.8 Å². The molecule has 0 fully saturated rings. The molecule has 2 aromatic heterocycles. The molecule has 104 valence electrons.